The molecule has 0 N–H and O–H groups in total. The number of hydrogen-bond donors (Lipinski definition) is 0. The maximum absolute atomic E-state index is 11.0. The zero-order chi connectivity index (χ0) is 7.14. The molecule has 1 atom stereocenters. The average Bonchev–Trinajstić information content (AvgIpc) is 2.39. The standard InChI is InChI=1S/C7H11NO2/c1-10-7(9)6-2-5-3-8(6)4-5/h5-6H,2-4H2,1H3. The summed E-state index contributed by atoms with van der Waals surface area (Å²) in [7, 11) is 1.46. The van der Waals surface area contributed by atoms with Crippen molar-refractivity contribution in [1.82, 2.24) is 4.90 Å². The lowest BCUT2D eigenvalue weighted by Gasteiger charge is -2.28. The summed E-state index contributed by atoms with van der Waals surface area (Å²) in [5.74, 6) is 0.726. The minimum absolute atomic E-state index is 0.0556. The first kappa shape index (κ1) is 6.16. The molecule has 3 aliphatic heterocycles. The number of ether oxygens (including phenoxy) is 1. The molecule has 3 nitrogen and oxygen atoms in total. The summed E-state index contributed by atoms with van der Waals surface area (Å²) >= 11 is 0. The van der Waals surface area contributed by atoms with E-state index in [-0.39, 0.29) is 12.0 Å². The van der Waals surface area contributed by atoms with E-state index >= 15 is 0 Å². The lowest BCUT2D eigenvalue weighted by molar-refractivity contribution is -0.145. The van der Waals surface area contributed by atoms with Gasteiger partial charge in [-0.1, -0.05) is 0 Å². The molecule has 0 aromatic carbocycles. The lowest BCUT2D eigenvalue weighted by atomic mass is 10.1. The van der Waals surface area contributed by atoms with Crippen LogP contribution in [0.25, 0.3) is 0 Å². The third kappa shape index (κ3) is 0.669. The molecular formula is C7H11NO2. The highest BCUT2D eigenvalue weighted by Crippen LogP contribution is 2.34. The molecule has 0 radical (unpaired) electrons. The van der Waals surface area contributed by atoms with Gasteiger partial charge in [0.1, 0.15) is 6.04 Å². The summed E-state index contributed by atoms with van der Waals surface area (Å²) in [4.78, 5) is 13.2. The fourth-order valence-electron chi connectivity index (χ4n) is 1.86. The van der Waals surface area contributed by atoms with Gasteiger partial charge in [-0.05, 0) is 12.3 Å². The molecule has 3 fully saturated rings. The first-order chi connectivity index (χ1) is 4.81. The molecule has 56 valence electrons. The van der Waals surface area contributed by atoms with Crippen LogP contribution in [0, 0.1) is 5.92 Å². The molecule has 3 aliphatic rings. The third-order valence-electron chi connectivity index (χ3n) is 2.46. The number of carbonyl (C=O) groups excluding carboxylic acids is 1. The van der Waals surface area contributed by atoms with Crippen molar-refractivity contribution in [2.75, 3.05) is 20.2 Å². The Bertz CT molecular complexity index is 163. The second-order valence-corrected chi connectivity index (χ2v) is 3.09. The van der Waals surface area contributed by atoms with Crippen LogP contribution >= 0.6 is 0 Å². The normalized spacial score (nSPS) is 42.7. The van der Waals surface area contributed by atoms with Gasteiger partial charge >= 0.3 is 5.97 Å². The molecule has 1 unspecified atom stereocenters. The van der Waals surface area contributed by atoms with Gasteiger partial charge in [0.15, 0.2) is 0 Å². The van der Waals surface area contributed by atoms with Crippen molar-refractivity contribution in [1.29, 1.82) is 0 Å². The molecule has 3 heteroatoms. The molecule has 0 spiro atoms. The Kier molecular flexibility index (Phi) is 1.20. The summed E-state index contributed by atoms with van der Waals surface area (Å²) in [6, 6.07) is 0.0926. The van der Waals surface area contributed by atoms with Crippen molar-refractivity contribution in [3.8, 4) is 0 Å². The number of fused-ring (bicyclic) bond motifs is 1. The van der Waals surface area contributed by atoms with Crippen LogP contribution < -0.4 is 0 Å². The van der Waals surface area contributed by atoms with E-state index in [9.17, 15) is 4.79 Å². The van der Waals surface area contributed by atoms with E-state index in [0.29, 0.717) is 0 Å². The summed E-state index contributed by atoms with van der Waals surface area (Å²) in [5.41, 5.74) is 0. The molecule has 10 heavy (non-hydrogen) atoms. The number of methoxy groups -OCH3 is 1. The van der Waals surface area contributed by atoms with Crippen LogP contribution in [-0.4, -0.2) is 37.1 Å². The summed E-state index contributed by atoms with van der Waals surface area (Å²) in [5, 5.41) is 0. The van der Waals surface area contributed by atoms with E-state index in [2.05, 4.69) is 9.64 Å². The van der Waals surface area contributed by atoms with E-state index < -0.39 is 0 Å². The van der Waals surface area contributed by atoms with Gasteiger partial charge in [0.05, 0.1) is 7.11 Å². The maximum Gasteiger partial charge on any atom is 0.323 e. The molecule has 3 saturated heterocycles. The van der Waals surface area contributed by atoms with E-state index in [1.54, 1.807) is 0 Å². The molecule has 0 aromatic heterocycles. The Morgan fingerprint density at radius 3 is 2.70 bits per heavy atom. The van der Waals surface area contributed by atoms with Gasteiger partial charge in [-0.15, -0.1) is 0 Å². The Balaban J connectivity index is 2.00. The second kappa shape index (κ2) is 1.95. The minimum Gasteiger partial charge on any atom is -0.468 e. The van der Waals surface area contributed by atoms with Crippen LogP contribution in [0.2, 0.25) is 0 Å². The quantitative estimate of drug-likeness (QED) is 0.476. The molecule has 0 aliphatic carbocycles. The van der Waals surface area contributed by atoms with E-state index in [1.807, 2.05) is 0 Å². The van der Waals surface area contributed by atoms with Gasteiger partial charge in [-0.25, -0.2) is 0 Å². The molecular weight excluding hydrogens is 130 g/mol. The minimum atomic E-state index is -0.0556. The van der Waals surface area contributed by atoms with Crippen LogP contribution in [0.4, 0.5) is 0 Å². The van der Waals surface area contributed by atoms with Gasteiger partial charge < -0.3 is 4.74 Å². The highest BCUT2D eigenvalue weighted by molar-refractivity contribution is 5.76. The number of hydrogen-bond acceptors (Lipinski definition) is 3. The van der Waals surface area contributed by atoms with Gasteiger partial charge in [0, 0.05) is 13.1 Å². The Hall–Kier alpha value is -0.570. The molecule has 3 heterocycles. The highest BCUT2D eigenvalue weighted by Gasteiger charge is 2.46. The van der Waals surface area contributed by atoms with Crippen molar-refractivity contribution in [3.05, 3.63) is 0 Å². The first-order valence-corrected chi connectivity index (χ1v) is 3.63. The number of nitrogens with zero attached hydrogens (tertiary/aromatic N) is 1. The van der Waals surface area contributed by atoms with Crippen molar-refractivity contribution < 1.29 is 9.53 Å². The van der Waals surface area contributed by atoms with Crippen LogP contribution in [0.1, 0.15) is 6.42 Å². The average molecular weight is 141 g/mol. The van der Waals surface area contributed by atoms with Crippen molar-refractivity contribution in [3.63, 3.8) is 0 Å². The lowest BCUT2D eigenvalue weighted by Crippen LogP contribution is -2.42. The fraction of sp³-hybridized carbons (Fsp3) is 0.857. The summed E-state index contributed by atoms with van der Waals surface area (Å²) in [6.45, 7) is 2.22. The van der Waals surface area contributed by atoms with E-state index in [1.165, 1.54) is 7.11 Å². The molecule has 3 rings (SSSR count). The third-order valence-corrected chi connectivity index (χ3v) is 2.46. The van der Waals surface area contributed by atoms with Gasteiger partial charge in [0.2, 0.25) is 0 Å². The summed E-state index contributed by atoms with van der Waals surface area (Å²) in [6.07, 6.45) is 1.02. The van der Waals surface area contributed by atoms with Crippen molar-refractivity contribution in [2.24, 2.45) is 5.92 Å². The molecule has 2 bridgehead atoms. The van der Waals surface area contributed by atoms with E-state index in [4.69, 9.17) is 0 Å². The SMILES string of the molecule is COC(=O)C1CC2CN1C2. The predicted octanol–water partition coefficient (Wildman–Crippen LogP) is -0.137. The molecule has 0 saturated carbocycles. The molecule has 0 aromatic rings. The number of carbonyl (C=O) groups is 1. The smallest absolute Gasteiger partial charge is 0.323 e. The highest BCUT2D eigenvalue weighted by atomic mass is 16.5. The van der Waals surface area contributed by atoms with E-state index in [0.717, 1.165) is 25.4 Å². The van der Waals surface area contributed by atoms with Crippen LogP contribution in [0.15, 0.2) is 0 Å². The van der Waals surface area contributed by atoms with Crippen LogP contribution in [-0.2, 0) is 9.53 Å². The Morgan fingerprint density at radius 1 is 1.60 bits per heavy atom. The van der Waals surface area contributed by atoms with Crippen LogP contribution in [0.3, 0.4) is 0 Å². The van der Waals surface area contributed by atoms with Crippen molar-refractivity contribution >= 4 is 5.97 Å². The zero-order valence-corrected chi connectivity index (χ0v) is 6.04. The Morgan fingerprint density at radius 2 is 2.30 bits per heavy atom. The Labute approximate surface area is 60.0 Å². The largest absolute Gasteiger partial charge is 0.468 e. The predicted molar refractivity (Wildman–Crippen MR) is 35.5 cm³/mol. The number of esters is 1. The topological polar surface area (TPSA) is 29.5 Å². The monoisotopic (exact) mass is 141 g/mol. The van der Waals surface area contributed by atoms with Crippen molar-refractivity contribution in [2.45, 2.75) is 12.5 Å². The summed E-state index contributed by atoms with van der Waals surface area (Å²) < 4.78 is 4.65. The van der Waals surface area contributed by atoms with Gasteiger partial charge in [-0.2, -0.15) is 0 Å². The van der Waals surface area contributed by atoms with Gasteiger partial charge in [-0.3, -0.25) is 9.69 Å². The first-order valence-electron chi connectivity index (χ1n) is 3.63. The number of rotatable bonds is 1. The van der Waals surface area contributed by atoms with Gasteiger partial charge in [0.25, 0.3) is 0 Å². The maximum atomic E-state index is 11.0. The zero-order valence-electron chi connectivity index (χ0n) is 6.04. The second-order valence-electron chi connectivity index (χ2n) is 3.09. The fourth-order valence-corrected chi connectivity index (χ4v) is 1.86. The molecule has 0 amide bonds. The van der Waals surface area contributed by atoms with Crippen LogP contribution in [0.5, 0.6) is 0 Å².